The van der Waals surface area contributed by atoms with Crippen LogP contribution in [0, 0.1) is 11.8 Å². The summed E-state index contributed by atoms with van der Waals surface area (Å²) in [6.45, 7) is 1.14. The highest BCUT2D eigenvalue weighted by molar-refractivity contribution is 5.89. The van der Waals surface area contributed by atoms with Crippen LogP contribution in [-0.4, -0.2) is 43.3 Å². The minimum absolute atomic E-state index is 0.0177. The molecule has 0 amide bonds. The van der Waals surface area contributed by atoms with Gasteiger partial charge in [0.15, 0.2) is 0 Å². The quantitative estimate of drug-likeness (QED) is 0.630. The summed E-state index contributed by atoms with van der Waals surface area (Å²) >= 11 is 0. The fourth-order valence-corrected chi connectivity index (χ4v) is 4.56. The van der Waals surface area contributed by atoms with Crippen LogP contribution in [0.3, 0.4) is 0 Å². The summed E-state index contributed by atoms with van der Waals surface area (Å²) in [5.74, 6) is -0.611. The monoisotopic (exact) mass is 316 g/mol. The van der Waals surface area contributed by atoms with Crippen molar-refractivity contribution in [2.45, 2.75) is 37.1 Å². The number of ether oxygens (including phenoxy) is 3. The van der Waals surface area contributed by atoms with E-state index in [0.29, 0.717) is 25.2 Å². The maximum atomic E-state index is 12.3. The number of carbonyl (C=O) groups is 2. The summed E-state index contributed by atoms with van der Waals surface area (Å²) in [7, 11) is 0. The van der Waals surface area contributed by atoms with E-state index in [9.17, 15) is 9.59 Å². The Bertz CT molecular complexity index is 601. The van der Waals surface area contributed by atoms with E-state index >= 15 is 0 Å². The lowest BCUT2D eigenvalue weighted by atomic mass is 9.88. The van der Waals surface area contributed by atoms with Gasteiger partial charge in [-0.3, -0.25) is 0 Å². The van der Waals surface area contributed by atoms with Crippen molar-refractivity contribution in [3.05, 3.63) is 35.9 Å². The number of aldehydes is 1. The molecule has 5 heteroatoms. The van der Waals surface area contributed by atoms with Crippen molar-refractivity contribution in [1.29, 1.82) is 0 Å². The zero-order valence-electron chi connectivity index (χ0n) is 12.9. The highest BCUT2D eigenvalue weighted by Gasteiger charge is 2.64. The van der Waals surface area contributed by atoms with Crippen LogP contribution in [-0.2, 0) is 19.0 Å². The zero-order chi connectivity index (χ0) is 15.9. The van der Waals surface area contributed by atoms with Crippen LogP contribution >= 0.6 is 0 Å². The summed E-state index contributed by atoms with van der Waals surface area (Å²) in [5, 5.41) is 0. The van der Waals surface area contributed by atoms with Crippen molar-refractivity contribution in [3.8, 4) is 0 Å². The summed E-state index contributed by atoms with van der Waals surface area (Å²) in [4.78, 5) is 24.0. The van der Waals surface area contributed by atoms with Gasteiger partial charge in [0.2, 0.25) is 0 Å². The minimum Gasteiger partial charge on any atom is -0.458 e. The predicted octanol–water partition coefficient (Wildman–Crippen LogP) is 2.00. The molecule has 1 heterocycles. The molecular weight excluding hydrogens is 296 g/mol. The van der Waals surface area contributed by atoms with E-state index in [2.05, 4.69) is 0 Å². The van der Waals surface area contributed by atoms with Gasteiger partial charge < -0.3 is 19.0 Å². The number of hydrogen-bond donors (Lipinski definition) is 0. The van der Waals surface area contributed by atoms with Crippen molar-refractivity contribution >= 4 is 12.3 Å². The highest BCUT2D eigenvalue weighted by atomic mass is 16.6. The summed E-state index contributed by atoms with van der Waals surface area (Å²) in [5.41, 5.74) is 0.0509. The number of rotatable bonds is 3. The van der Waals surface area contributed by atoms with Crippen molar-refractivity contribution in [1.82, 2.24) is 0 Å². The topological polar surface area (TPSA) is 61.8 Å². The molecule has 1 spiro atoms. The Morgan fingerprint density at radius 3 is 2.83 bits per heavy atom. The summed E-state index contributed by atoms with van der Waals surface area (Å²) in [6.07, 6.45) is 2.85. The Balaban J connectivity index is 1.55. The fraction of sp³-hybridized carbons (Fsp3) is 0.556. The van der Waals surface area contributed by atoms with Gasteiger partial charge in [0.1, 0.15) is 18.0 Å². The van der Waals surface area contributed by atoms with Crippen molar-refractivity contribution in [3.63, 3.8) is 0 Å². The van der Waals surface area contributed by atoms with E-state index in [-0.39, 0.29) is 23.9 Å². The molecule has 5 nitrogen and oxygen atoms in total. The third kappa shape index (κ3) is 2.30. The second-order valence-corrected chi connectivity index (χ2v) is 6.57. The third-order valence-electron chi connectivity index (χ3n) is 5.52. The fourth-order valence-electron chi connectivity index (χ4n) is 4.56. The molecule has 2 saturated carbocycles. The first-order valence-corrected chi connectivity index (χ1v) is 8.21. The van der Waals surface area contributed by atoms with E-state index < -0.39 is 11.7 Å². The van der Waals surface area contributed by atoms with Gasteiger partial charge in [-0.2, -0.15) is 0 Å². The van der Waals surface area contributed by atoms with Gasteiger partial charge in [-0.15, -0.1) is 0 Å². The van der Waals surface area contributed by atoms with Crippen LogP contribution in [0.25, 0.3) is 0 Å². The van der Waals surface area contributed by atoms with Gasteiger partial charge in [0.05, 0.1) is 30.8 Å². The smallest absolute Gasteiger partial charge is 0.338 e. The van der Waals surface area contributed by atoms with Crippen LogP contribution in [0.4, 0.5) is 0 Å². The molecule has 3 aliphatic rings. The zero-order valence-corrected chi connectivity index (χ0v) is 12.9. The van der Waals surface area contributed by atoms with Gasteiger partial charge >= 0.3 is 5.97 Å². The average molecular weight is 316 g/mol. The normalized spacial score (nSPS) is 38.6. The third-order valence-corrected chi connectivity index (χ3v) is 5.52. The molecule has 4 rings (SSSR count). The standard InChI is InChI=1S/C18H20O5/c19-11-13-14-6-7-16-18(14,22-9-8-21-16)10-15(13)23-17(20)12-4-2-1-3-5-12/h1-5,11,13-16H,6-10H2. The molecular formula is C18H20O5. The minimum atomic E-state index is -0.453. The van der Waals surface area contributed by atoms with E-state index in [4.69, 9.17) is 14.2 Å². The number of esters is 1. The highest BCUT2D eigenvalue weighted by Crippen LogP contribution is 2.55. The molecule has 0 N–H and O–H groups in total. The molecule has 2 aliphatic carbocycles. The van der Waals surface area contributed by atoms with E-state index in [0.717, 1.165) is 19.1 Å². The maximum Gasteiger partial charge on any atom is 0.338 e. The number of carbonyl (C=O) groups excluding carboxylic acids is 2. The van der Waals surface area contributed by atoms with E-state index in [1.165, 1.54) is 0 Å². The van der Waals surface area contributed by atoms with Gasteiger partial charge in [-0.1, -0.05) is 18.2 Å². The number of benzene rings is 1. The van der Waals surface area contributed by atoms with Crippen molar-refractivity contribution in [2.75, 3.05) is 13.2 Å². The first-order valence-electron chi connectivity index (χ1n) is 8.21. The Morgan fingerprint density at radius 2 is 2.04 bits per heavy atom. The first-order chi connectivity index (χ1) is 11.2. The molecule has 5 unspecified atom stereocenters. The molecule has 0 bridgehead atoms. The lowest BCUT2D eigenvalue weighted by Crippen LogP contribution is -2.49. The maximum absolute atomic E-state index is 12.3. The molecule has 1 saturated heterocycles. The second kappa shape index (κ2) is 5.73. The van der Waals surface area contributed by atoms with Gasteiger partial charge in [-0.05, 0) is 25.0 Å². The van der Waals surface area contributed by atoms with Crippen LogP contribution in [0.2, 0.25) is 0 Å². The Labute approximate surface area is 134 Å². The Hall–Kier alpha value is -1.72. The summed E-state index contributed by atoms with van der Waals surface area (Å²) in [6, 6.07) is 8.88. The molecule has 0 radical (unpaired) electrons. The van der Waals surface area contributed by atoms with Crippen molar-refractivity contribution in [2.24, 2.45) is 11.8 Å². The molecule has 23 heavy (non-hydrogen) atoms. The lowest BCUT2D eigenvalue weighted by molar-refractivity contribution is -0.200. The largest absolute Gasteiger partial charge is 0.458 e. The molecule has 122 valence electrons. The molecule has 1 aromatic carbocycles. The van der Waals surface area contributed by atoms with Crippen LogP contribution in [0.5, 0.6) is 0 Å². The predicted molar refractivity (Wildman–Crippen MR) is 81.0 cm³/mol. The Kier molecular flexibility index (Phi) is 3.70. The number of hydrogen-bond acceptors (Lipinski definition) is 5. The van der Waals surface area contributed by atoms with Crippen molar-refractivity contribution < 1.29 is 23.8 Å². The van der Waals surface area contributed by atoms with Gasteiger partial charge in [0.25, 0.3) is 0 Å². The van der Waals surface area contributed by atoms with E-state index in [1.54, 1.807) is 24.3 Å². The SMILES string of the molecule is O=CC1C(OC(=O)c2ccccc2)CC23OCCOC2CCC13. The van der Waals surface area contributed by atoms with E-state index in [1.807, 2.05) is 6.07 Å². The molecule has 5 atom stereocenters. The Morgan fingerprint density at radius 1 is 1.22 bits per heavy atom. The first kappa shape index (κ1) is 14.8. The van der Waals surface area contributed by atoms with Crippen LogP contribution in [0.15, 0.2) is 30.3 Å². The molecule has 3 fully saturated rings. The van der Waals surface area contributed by atoms with Crippen LogP contribution in [0.1, 0.15) is 29.6 Å². The summed E-state index contributed by atoms with van der Waals surface area (Å²) < 4.78 is 17.6. The molecule has 1 aliphatic heterocycles. The van der Waals surface area contributed by atoms with Crippen LogP contribution < -0.4 is 0 Å². The van der Waals surface area contributed by atoms with Gasteiger partial charge in [0, 0.05) is 12.3 Å². The average Bonchev–Trinajstić information content (AvgIpc) is 3.08. The molecule has 1 aromatic rings. The second-order valence-electron chi connectivity index (χ2n) is 6.57. The van der Waals surface area contributed by atoms with Gasteiger partial charge in [-0.25, -0.2) is 4.79 Å². The molecule has 0 aromatic heterocycles. The lowest BCUT2D eigenvalue weighted by Gasteiger charge is -2.39.